The Balaban J connectivity index is 2.52. The molecule has 2 aromatic carbocycles. The second-order valence-corrected chi connectivity index (χ2v) is 5.53. The Morgan fingerprint density at radius 1 is 0.920 bits per heavy atom. The Morgan fingerprint density at radius 2 is 1.56 bits per heavy atom. The molecular formula is C18H14Cl2O5. The average molecular weight is 381 g/mol. The Bertz CT molecular complexity index is 810. The summed E-state index contributed by atoms with van der Waals surface area (Å²) in [6, 6.07) is 11.9. The molecule has 0 fully saturated rings. The van der Waals surface area contributed by atoms with Crippen molar-refractivity contribution in [2.75, 3.05) is 14.2 Å². The van der Waals surface area contributed by atoms with Gasteiger partial charge in [0.05, 0.1) is 30.3 Å². The van der Waals surface area contributed by atoms with Crippen LogP contribution in [-0.2, 0) is 19.1 Å². The lowest BCUT2D eigenvalue weighted by molar-refractivity contribution is -0.140. The number of esters is 2. The molecule has 2 aromatic rings. The van der Waals surface area contributed by atoms with E-state index in [-0.39, 0.29) is 11.5 Å². The maximum Gasteiger partial charge on any atom is 0.374 e. The number of hydrogen-bond donors (Lipinski definition) is 0. The van der Waals surface area contributed by atoms with E-state index in [0.717, 1.165) is 6.08 Å². The van der Waals surface area contributed by atoms with E-state index < -0.39 is 11.9 Å². The topological polar surface area (TPSA) is 61.8 Å². The van der Waals surface area contributed by atoms with Crippen molar-refractivity contribution in [3.63, 3.8) is 0 Å². The summed E-state index contributed by atoms with van der Waals surface area (Å²) in [5.74, 6) is -1.64. The highest BCUT2D eigenvalue weighted by molar-refractivity contribution is 6.39. The maximum atomic E-state index is 11.9. The van der Waals surface area contributed by atoms with Gasteiger partial charge in [-0.3, -0.25) is 0 Å². The molecule has 5 nitrogen and oxygen atoms in total. The maximum absolute atomic E-state index is 11.9. The summed E-state index contributed by atoms with van der Waals surface area (Å²) in [7, 11) is 2.36. The molecule has 0 aromatic heterocycles. The zero-order chi connectivity index (χ0) is 18.4. The van der Waals surface area contributed by atoms with Gasteiger partial charge in [-0.25, -0.2) is 9.59 Å². The number of ether oxygens (including phenoxy) is 3. The van der Waals surface area contributed by atoms with Gasteiger partial charge in [-0.15, -0.1) is 0 Å². The van der Waals surface area contributed by atoms with Crippen molar-refractivity contribution in [3.05, 3.63) is 64.3 Å². The summed E-state index contributed by atoms with van der Waals surface area (Å²) in [6.07, 6.45) is 0.900. The summed E-state index contributed by atoms with van der Waals surface area (Å²) in [6.45, 7) is 0. The molecule has 2 rings (SSSR count). The molecule has 130 valence electrons. The first-order valence-electron chi connectivity index (χ1n) is 7.07. The van der Waals surface area contributed by atoms with Crippen LogP contribution in [-0.4, -0.2) is 26.2 Å². The van der Waals surface area contributed by atoms with Gasteiger partial charge in [0.1, 0.15) is 5.75 Å². The fourth-order valence-electron chi connectivity index (χ4n) is 2.03. The van der Waals surface area contributed by atoms with E-state index in [1.807, 2.05) is 0 Å². The van der Waals surface area contributed by atoms with Crippen molar-refractivity contribution in [3.8, 4) is 16.9 Å². The summed E-state index contributed by atoms with van der Waals surface area (Å²) in [4.78, 5) is 23.3. The average Bonchev–Trinajstić information content (AvgIpc) is 2.61. The number of methoxy groups -OCH3 is 2. The molecule has 0 amide bonds. The Hall–Kier alpha value is -2.50. The van der Waals surface area contributed by atoms with Gasteiger partial charge in [0.25, 0.3) is 0 Å². The molecule has 7 heteroatoms. The van der Waals surface area contributed by atoms with E-state index in [4.69, 9.17) is 27.9 Å². The van der Waals surface area contributed by atoms with Crippen molar-refractivity contribution in [2.45, 2.75) is 0 Å². The molecular weight excluding hydrogens is 367 g/mol. The minimum Gasteiger partial charge on any atom is -0.466 e. The van der Waals surface area contributed by atoms with Gasteiger partial charge in [-0.1, -0.05) is 47.5 Å². The monoisotopic (exact) mass is 380 g/mol. The molecule has 25 heavy (non-hydrogen) atoms. The molecule has 0 atom stereocenters. The first-order valence-corrected chi connectivity index (χ1v) is 7.82. The number of carbonyl (C=O) groups excluding carboxylic acids is 2. The first kappa shape index (κ1) is 18.8. The van der Waals surface area contributed by atoms with E-state index in [9.17, 15) is 9.59 Å². The van der Waals surface area contributed by atoms with Gasteiger partial charge in [0.2, 0.25) is 5.76 Å². The largest absolute Gasteiger partial charge is 0.466 e. The number of hydrogen-bond acceptors (Lipinski definition) is 5. The van der Waals surface area contributed by atoms with Crippen molar-refractivity contribution in [1.29, 1.82) is 0 Å². The fourth-order valence-corrected chi connectivity index (χ4v) is 2.63. The molecule has 0 aliphatic carbocycles. The second kappa shape index (κ2) is 8.55. The first-order chi connectivity index (χ1) is 12.0. The minimum atomic E-state index is -0.828. The molecule has 0 bridgehead atoms. The van der Waals surface area contributed by atoms with Crippen LogP contribution in [0.25, 0.3) is 11.1 Å². The third-order valence-electron chi connectivity index (χ3n) is 3.18. The second-order valence-electron chi connectivity index (χ2n) is 4.72. The third kappa shape index (κ3) is 4.53. The van der Waals surface area contributed by atoms with Gasteiger partial charge >= 0.3 is 11.9 Å². The van der Waals surface area contributed by atoms with E-state index in [0.29, 0.717) is 21.2 Å². The zero-order valence-electron chi connectivity index (χ0n) is 13.4. The Morgan fingerprint density at radius 3 is 2.16 bits per heavy atom. The van der Waals surface area contributed by atoms with Crippen molar-refractivity contribution < 1.29 is 23.8 Å². The lowest BCUT2D eigenvalue weighted by atomic mass is 10.0. The Kier molecular flexibility index (Phi) is 6.44. The van der Waals surface area contributed by atoms with Crippen LogP contribution in [0.3, 0.4) is 0 Å². The van der Waals surface area contributed by atoms with E-state index in [2.05, 4.69) is 9.47 Å². The van der Waals surface area contributed by atoms with Crippen LogP contribution in [0.4, 0.5) is 0 Å². The highest BCUT2D eigenvalue weighted by atomic mass is 35.5. The summed E-state index contributed by atoms with van der Waals surface area (Å²) in [5, 5.41) is 0.834. The number of halogens is 2. The van der Waals surface area contributed by atoms with Crippen LogP contribution in [0.15, 0.2) is 54.3 Å². The summed E-state index contributed by atoms with van der Waals surface area (Å²) >= 11 is 12.5. The van der Waals surface area contributed by atoms with Gasteiger partial charge in [-0.2, -0.15) is 0 Å². The summed E-state index contributed by atoms with van der Waals surface area (Å²) in [5.41, 5.74) is 1.10. The minimum absolute atomic E-state index is 0.276. The van der Waals surface area contributed by atoms with Crippen molar-refractivity contribution in [2.24, 2.45) is 0 Å². The Labute approximate surface area is 154 Å². The summed E-state index contributed by atoms with van der Waals surface area (Å²) < 4.78 is 14.8. The van der Waals surface area contributed by atoms with Crippen LogP contribution < -0.4 is 4.74 Å². The quantitative estimate of drug-likeness (QED) is 0.440. The van der Waals surface area contributed by atoms with E-state index >= 15 is 0 Å². The lowest BCUT2D eigenvalue weighted by Crippen LogP contribution is -2.13. The molecule has 0 saturated heterocycles. The van der Waals surface area contributed by atoms with E-state index in [1.165, 1.54) is 14.2 Å². The molecule has 0 aliphatic rings. The smallest absolute Gasteiger partial charge is 0.374 e. The molecule has 0 N–H and O–H groups in total. The molecule has 0 heterocycles. The van der Waals surface area contributed by atoms with Gasteiger partial charge in [-0.05, 0) is 18.2 Å². The van der Waals surface area contributed by atoms with Gasteiger partial charge in [0.15, 0.2) is 0 Å². The van der Waals surface area contributed by atoms with Crippen LogP contribution in [0.2, 0.25) is 10.0 Å². The lowest BCUT2D eigenvalue weighted by Gasteiger charge is -2.14. The number of carbonyl (C=O) groups is 2. The standard InChI is InChI=1S/C18H14Cl2O5/c1-23-16(21)10-15(18(22)24-2)25-14-9-4-3-6-11(14)17-12(19)7-5-8-13(17)20/h3-10H,1-2H3/b15-10+. The number of benzene rings is 2. The van der Waals surface area contributed by atoms with Crippen LogP contribution >= 0.6 is 23.2 Å². The van der Waals surface area contributed by atoms with Crippen molar-refractivity contribution >= 4 is 35.1 Å². The zero-order valence-corrected chi connectivity index (χ0v) is 14.9. The highest BCUT2D eigenvalue weighted by Gasteiger charge is 2.19. The van der Waals surface area contributed by atoms with Gasteiger partial charge in [0, 0.05) is 11.1 Å². The molecule has 0 saturated carbocycles. The van der Waals surface area contributed by atoms with Crippen LogP contribution in [0, 0.1) is 0 Å². The van der Waals surface area contributed by atoms with Crippen LogP contribution in [0.5, 0.6) is 5.75 Å². The fraction of sp³-hybridized carbons (Fsp3) is 0.111. The molecule has 0 spiro atoms. The number of para-hydroxylation sites is 1. The normalized spacial score (nSPS) is 11.0. The highest BCUT2D eigenvalue weighted by Crippen LogP contribution is 2.40. The molecule has 0 unspecified atom stereocenters. The van der Waals surface area contributed by atoms with Crippen molar-refractivity contribution in [1.82, 2.24) is 0 Å². The predicted molar refractivity (Wildman–Crippen MR) is 94.6 cm³/mol. The SMILES string of the molecule is COC(=O)/C=C(/Oc1ccccc1-c1c(Cl)cccc1Cl)C(=O)OC. The third-order valence-corrected chi connectivity index (χ3v) is 3.81. The van der Waals surface area contributed by atoms with Crippen LogP contribution in [0.1, 0.15) is 0 Å². The number of rotatable bonds is 5. The predicted octanol–water partition coefficient (Wildman–Crippen LogP) is 4.27. The molecule has 0 aliphatic heterocycles. The molecule has 0 radical (unpaired) electrons. The van der Waals surface area contributed by atoms with E-state index in [1.54, 1.807) is 42.5 Å². The van der Waals surface area contributed by atoms with Gasteiger partial charge < -0.3 is 14.2 Å².